The number of aromatic nitrogens is 4. The average molecular weight is 423 g/mol. The van der Waals surface area contributed by atoms with E-state index in [0.717, 1.165) is 35.5 Å². The number of nitrogens with two attached hydrogens (primary N) is 1. The Bertz CT molecular complexity index is 1140. The van der Waals surface area contributed by atoms with Crippen LogP contribution in [0.5, 0.6) is 0 Å². The summed E-state index contributed by atoms with van der Waals surface area (Å²) in [6.45, 7) is 6.62. The van der Waals surface area contributed by atoms with Crippen molar-refractivity contribution in [3.63, 3.8) is 0 Å². The van der Waals surface area contributed by atoms with Crippen molar-refractivity contribution in [2.75, 3.05) is 26.2 Å². The van der Waals surface area contributed by atoms with Crippen LogP contribution in [0.25, 0.3) is 16.7 Å². The standard InChI is InChI=1S/C19H21N7O.C3H7N.H2/c1-12-3-5-24(19(27)25-9-13(6-20)10-25)11-15(12)18-23-8-14-7-22-17-16(26(14)18)2-4-21-17;1-2-3-4;/h2,4,7-8,12-13,15,21H,3,5,9-11H2,1H3;2-3H,4H2,1H3;1H/b;3-2+;/t12-,15+;;/m0../s1. The molecule has 9 nitrogen and oxygen atoms in total. The van der Waals surface area contributed by atoms with E-state index in [-0.39, 0.29) is 19.3 Å². The number of allylic oxidation sites excluding steroid dienone is 1. The van der Waals surface area contributed by atoms with Crippen LogP contribution in [0.2, 0.25) is 0 Å². The van der Waals surface area contributed by atoms with E-state index < -0.39 is 0 Å². The maximum atomic E-state index is 12.8. The Morgan fingerprint density at radius 1 is 1.32 bits per heavy atom. The van der Waals surface area contributed by atoms with E-state index in [1.165, 1.54) is 6.20 Å². The number of likely N-dealkylation sites (tertiary alicyclic amines) is 2. The number of aromatic amines is 1. The quantitative estimate of drug-likeness (QED) is 0.625. The van der Waals surface area contributed by atoms with Gasteiger partial charge < -0.3 is 20.5 Å². The number of rotatable bonds is 1. The first-order chi connectivity index (χ1) is 15.1. The Morgan fingerprint density at radius 2 is 2.06 bits per heavy atom. The predicted molar refractivity (Wildman–Crippen MR) is 120 cm³/mol. The van der Waals surface area contributed by atoms with Crippen LogP contribution in [0.3, 0.4) is 0 Å². The summed E-state index contributed by atoms with van der Waals surface area (Å²) in [5.41, 5.74) is 7.66. The SMILES string of the molecule is C/C=C/N.C[C@H]1CCN(C(=O)N2CC(C#N)C2)C[C@H]1c1ncc2cnc3[nH]ccc3n12.[HH]. The zero-order valence-corrected chi connectivity index (χ0v) is 17.9. The molecular weight excluding hydrogens is 392 g/mol. The molecule has 0 saturated carbocycles. The van der Waals surface area contributed by atoms with Crippen molar-refractivity contribution < 1.29 is 6.22 Å². The minimum absolute atomic E-state index is 0. The van der Waals surface area contributed by atoms with E-state index >= 15 is 0 Å². The average Bonchev–Trinajstić information content (AvgIpc) is 3.39. The van der Waals surface area contributed by atoms with Gasteiger partial charge in [-0.1, -0.05) is 13.0 Å². The first-order valence-electron chi connectivity index (χ1n) is 10.6. The molecule has 2 aliphatic rings. The van der Waals surface area contributed by atoms with Crippen molar-refractivity contribution in [2.24, 2.45) is 17.6 Å². The van der Waals surface area contributed by atoms with Gasteiger partial charge in [-0.3, -0.25) is 4.40 Å². The number of urea groups is 1. The first kappa shape index (κ1) is 20.7. The highest BCUT2D eigenvalue weighted by molar-refractivity contribution is 5.76. The molecule has 2 aliphatic heterocycles. The summed E-state index contributed by atoms with van der Waals surface area (Å²) in [5, 5.41) is 8.95. The number of carbonyl (C=O) groups is 1. The number of hydrogen-bond donors (Lipinski definition) is 2. The van der Waals surface area contributed by atoms with Crippen molar-refractivity contribution >= 4 is 22.7 Å². The molecule has 5 heterocycles. The second-order valence-electron chi connectivity index (χ2n) is 8.20. The lowest BCUT2D eigenvalue weighted by atomic mass is 9.86. The molecule has 0 aliphatic carbocycles. The van der Waals surface area contributed by atoms with E-state index in [9.17, 15) is 4.79 Å². The molecule has 0 radical (unpaired) electrons. The molecular formula is C22H30N8O. The zero-order valence-electron chi connectivity index (χ0n) is 17.9. The molecule has 3 N–H and O–H groups in total. The number of nitrogens with zero attached hydrogens (tertiary/aromatic N) is 6. The number of nitriles is 1. The molecule has 0 spiro atoms. The third-order valence-electron chi connectivity index (χ3n) is 6.17. The van der Waals surface area contributed by atoms with Gasteiger partial charge in [0, 0.05) is 39.7 Å². The van der Waals surface area contributed by atoms with Gasteiger partial charge in [0.2, 0.25) is 0 Å². The van der Waals surface area contributed by atoms with Crippen LogP contribution in [0.1, 0.15) is 33.4 Å². The Kier molecular flexibility index (Phi) is 5.80. The molecule has 5 rings (SSSR count). The fourth-order valence-corrected chi connectivity index (χ4v) is 4.26. The molecule has 2 atom stereocenters. The van der Waals surface area contributed by atoms with Crippen molar-refractivity contribution in [1.29, 1.82) is 5.26 Å². The summed E-state index contributed by atoms with van der Waals surface area (Å²) >= 11 is 0. The molecule has 2 saturated heterocycles. The summed E-state index contributed by atoms with van der Waals surface area (Å²) in [4.78, 5) is 28.8. The van der Waals surface area contributed by atoms with Crippen LogP contribution in [0.4, 0.5) is 4.79 Å². The van der Waals surface area contributed by atoms with Crippen LogP contribution in [0, 0.1) is 23.2 Å². The molecule has 2 fully saturated rings. The smallest absolute Gasteiger partial charge is 0.320 e. The van der Waals surface area contributed by atoms with Crippen molar-refractivity contribution in [2.45, 2.75) is 26.2 Å². The first-order valence-corrected chi connectivity index (χ1v) is 10.6. The number of amides is 2. The van der Waals surface area contributed by atoms with E-state index in [1.54, 1.807) is 11.0 Å². The molecule has 0 bridgehead atoms. The Hall–Kier alpha value is -3.54. The highest BCUT2D eigenvalue weighted by Crippen LogP contribution is 2.34. The van der Waals surface area contributed by atoms with Gasteiger partial charge in [0.1, 0.15) is 5.82 Å². The fraction of sp³-hybridized carbons (Fsp3) is 0.455. The van der Waals surface area contributed by atoms with Crippen LogP contribution < -0.4 is 5.73 Å². The summed E-state index contributed by atoms with van der Waals surface area (Å²) in [5.74, 6) is 1.57. The molecule has 164 valence electrons. The maximum Gasteiger partial charge on any atom is 0.320 e. The van der Waals surface area contributed by atoms with Gasteiger partial charge in [-0.15, -0.1) is 0 Å². The number of hydrogen-bond acceptors (Lipinski definition) is 5. The largest absolute Gasteiger partial charge is 0.405 e. The summed E-state index contributed by atoms with van der Waals surface area (Å²) in [6.07, 6.45) is 9.79. The number of nitrogens with one attached hydrogen (secondary N) is 1. The van der Waals surface area contributed by atoms with E-state index in [1.807, 2.05) is 36.5 Å². The lowest BCUT2D eigenvalue weighted by Crippen LogP contribution is -2.56. The number of carbonyl (C=O) groups excluding carboxylic acids is 1. The Morgan fingerprint density at radius 3 is 2.77 bits per heavy atom. The van der Waals surface area contributed by atoms with E-state index in [0.29, 0.717) is 25.6 Å². The molecule has 2 amide bonds. The monoisotopic (exact) mass is 422 g/mol. The highest BCUT2D eigenvalue weighted by atomic mass is 16.2. The number of imidazole rings is 1. The van der Waals surface area contributed by atoms with Crippen LogP contribution in [-0.4, -0.2) is 61.4 Å². The fourth-order valence-electron chi connectivity index (χ4n) is 4.26. The second kappa shape index (κ2) is 8.68. The van der Waals surface area contributed by atoms with E-state index in [4.69, 9.17) is 16.0 Å². The third-order valence-corrected chi connectivity index (χ3v) is 6.17. The summed E-state index contributed by atoms with van der Waals surface area (Å²) < 4.78 is 2.16. The van der Waals surface area contributed by atoms with Gasteiger partial charge >= 0.3 is 6.03 Å². The summed E-state index contributed by atoms with van der Waals surface area (Å²) in [7, 11) is 0. The lowest BCUT2D eigenvalue weighted by Gasteiger charge is -2.43. The molecule has 9 heteroatoms. The van der Waals surface area contributed by atoms with Gasteiger partial charge in [0.15, 0.2) is 5.65 Å². The van der Waals surface area contributed by atoms with Crippen molar-refractivity contribution in [3.8, 4) is 6.07 Å². The predicted octanol–water partition coefficient (Wildman–Crippen LogP) is 2.94. The normalized spacial score (nSPS) is 21.7. The van der Waals surface area contributed by atoms with E-state index in [2.05, 4.69) is 27.4 Å². The Labute approximate surface area is 182 Å². The van der Waals surface area contributed by atoms with Gasteiger partial charge in [-0.05, 0) is 31.5 Å². The van der Waals surface area contributed by atoms with Crippen LogP contribution in [-0.2, 0) is 0 Å². The number of H-pyrrole nitrogens is 1. The van der Waals surface area contributed by atoms with Crippen molar-refractivity contribution in [3.05, 3.63) is 42.8 Å². The second-order valence-corrected chi connectivity index (χ2v) is 8.20. The molecule has 3 aromatic heterocycles. The lowest BCUT2D eigenvalue weighted by molar-refractivity contribution is 0.0901. The van der Waals surface area contributed by atoms with Gasteiger partial charge in [-0.2, -0.15) is 5.26 Å². The minimum atomic E-state index is -0.0147. The Balaban J connectivity index is 0.000000536. The van der Waals surface area contributed by atoms with Gasteiger partial charge in [-0.25, -0.2) is 14.8 Å². The molecule has 0 unspecified atom stereocenters. The minimum Gasteiger partial charge on any atom is -0.405 e. The maximum absolute atomic E-state index is 12.8. The zero-order chi connectivity index (χ0) is 22.0. The van der Waals surface area contributed by atoms with Gasteiger partial charge in [0.05, 0.1) is 35.4 Å². The summed E-state index contributed by atoms with van der Waals surface area (Å²) in [6, 6.07) is 4.29. The van der Waals surface area contributed by atoms with Crippen LogP contribution >= 0.6 is 0 Å². The van der Waals surface area contributed by atoms with Gasteiger partial charge in [0.25, 0.3) is 0 Å². The number of fused-ring (bicyclic) bond motifs is 3. The molecule has 0 aromatic carbocycles. The topological polar surface area (TPSA) is 119 Å². The molecule has 3 aromatic rings. The van der Waals surface area contributed by atoms with Crippen LogP contribution in [0.15, 0.2) is 36.9 Å². The third kappa shape index (κ3) is 3.81. The molecule has 31 heavy (non-hydrogen) atoms. The number of piperidine rings is 1. The highest BCUT2D eigenvalue weighted by Gasteiger charge is 2.38. The van der Waals surface area contributed by atoms with Crippen molar-refractivity contribution in [1.82, 2.24) is 29.2 Å².